The Hall–Kier alpha value is 0.143. The van der Waals surface area contributed by atoms with E-state index in [0.29, 0.717) is 6.42 Å². The number of rotatable bonds is 2. The summed E-state index contributed by atoms with van der Waals surface area (Å²) in [7, 11) is 0. The van der Waals surface area contributed by atoms with E-state index in [1.54, 1.807) is 6.08 Å². The van der Waals surface area contributed by atoms with Gasteiger partial charge in [0.25, 0.3) is 0 Å². The van der Waals surface area contributed by atoms with Crippen molar-refractivity contribution < 1.29 is 19.5 Å². The molecular weight excluding hydrogens is 175 g/mol. The van der Waals surface area contributed by atoms with E-state index in [2.05, 4.69) is 6.58 Å². The molecule has 0 radical (unpaired) electrons. The van der Waals surface area contributed by atoms with Crippen LogP contribution < -0.4 is 0 Å². The van der Waals surface area contributed by atoms with Crippen LogP contribution in [0, 0.1) is 11.3 Å². The Labute approximate surface area is 68.9 Å². The van der Waals surface area contributed by atoms with Crippen LogP contribution in [0.2, 0.25) is 0 Å². The van der Waals surface area contributed by atoms with Crippen LogP contribution in [0.5, 0.6) is 0 Å². The van der Waals surface area contributed by atoms with E-state index in [-0.39, 0.29) is 31.9 Å². The van der Waals surface area contributed by atoms with Gasteiger partial charge >= 0.3 is 0 Å². The maximum atomic E-state index is 7.90. The summed E-state index contributed by atoms with van der Waals surface area (Å²) < 4.78 is 0. The van der Waals surface area contributed by atoms with Gasteiger partial charge in [0, 0.05) is 25.9 Å². The molecule has 3 heteroatoms. The van der Waals surface area contributed by atoms with E-state index < -0.39 is 0 Å². The van der Waals surface area contributed by atoms with Gasteiger partial charge in [0.15, 0.2) is 0 Å². The van der Waals surface area contributed by atoms with Crippen molar-refractivity contribution in [2.24, 2.45) is 0 Å². The molecule has 0 bridgehead atoms. The molecule has 0 aliphatic rings. The SMILES string of the molecule is C=CCCC#N.Cl.[Zn]. The van der Waals surface area contributed by atoms with Gasteiger partial charge < -0.3 is 0 Å². The average Bonchev–Trinajstić information content (AvgIpc) is 1.61. The molecule has 0 aliphatic heterocycles. The number of halogens is 1. The first-order valence-corrected chi connectivity index (χ1v) is 1.89. The smallest absolute Gasteiger partial charge is 0.0624 e. The molecule has 0 saturated heterocycles. The van der Waals surface area contributed by atoms with Crippen molar-refractivity contribution in [2.75, 3.05) is 0 Å². The Balaban J connectivity index is -0.000000125. The van der Waals surface area contributed by atoms with E-state index in [1.165, 1.54) is 0 Å². The van der Waals surface area contributed by atoms with Gasteiger partial charge in [0.1, 0.15) is 0 Å². The zero-order chi connectivity index (χ0) is 4.83. The number of unbranched alkanes of at least 4 members (excludes halogenated alkanes) is 1. The predicted octanol–water partition coefficient (Wildman–Crippen LogP) is 1.90. The molecule has 0 amide bonds. The summed E-state index contributed by atoms with van der Waals surface area (Å²) in [4.78, 5) is 0. The minimum atomic E-state index is 0. The van der Waals surface area contributed by atoms with Crippen molar-refractivity contribution in [1.29, 1.82) is 5.26 Å². The molecule has 0 rings (SSSR count). The van der Waals surface area contributed by atoms with Crippen LogP contribution in [0.4, 0.5) is 0 Å². The second-order valence-corrected chi connectivity index (χ2v) is 0.985. The summed E-state index contributed by atoms with van der Waals surface area (Å²) in [5.74, 6) is 0. The summed E-state index contributed by atoms with van der Waals surface area (Å²) in [6.45, 7) is 3.45. The molecule has 0 aliphatic carbocycles. The van der Waals surface area contributed by atoms with E-state index in [9.17, 15) is 0 Å². The maximum Gasteiger partial charge on any atom is 0.0624 e. The van der Waals surface area contributed by atoms with Crippen LogP contribution in [0.15, 0.2) is 12.7 Å². The first kappa shape index (κ1) is 15.7. The third-order valence-corrected chi connectivity index (χ3v) is 0.460. The standard InChI is InChI=1S/C5H7N.ClH.Zn/c1-2-3-4-5-6;;/h2H,1,3-4H2;1H;. The van der Waals surface area contributed by atoms with Gasteiger partial charge in [-0.25, -0.2) is 0 Å². The normalized spacial score (nSPS) is 4.88. The fourth-order valence-corrected chi connectivity index (χ4v) is 0.167. The molecular formula is C5H8ClNZn. The average molecular weight is 183 g/mol. The van der Waals surface area contributed by atoms with Crippen molar-refractivity contribution >= 4 is 12.4 Å². The molecule has 0 aromatic heterocycles. The van der Waals surface area contributed by atoms with Crippen LogP contribution in [0.1, 0.15) is 12.8 Å². The number of hydrogen-bond acceptors (Lipinski definition) is 1. The van der Waals surface area contributed by atoms with Crippen molar-refractivity contribution in [1.82, 2.24) is 0 Å². The first-order valence-electron chi connectivity index (χ1n) is 1.89. The maximum absolute atomic E-state index is 7.90. The molecule has 42 valence electrons. The first-order chi connectivity index (χ1) is 2.91. The molecule has 0 saturated carbocycles. The number of nitriles is 1. The van der Waals surface area contributed by atoms with Gasteiger partial charge in [-0.2, -0.15) is 5.26 Å². The Morgan fingerprint density at radius 3 is 2.25 bits per heavy atom. The molecule has 0 atom stereocenters. The topological polar surface area (TPSA) is 23.8 Å². The molecule has 0 unspecified atom stereocenters. The molecule has 0 N–H and O–H groups in total. The van der Waals surface area contributed by atoms with Crippen LogP contribution in [0.25, 0.3) is 0 Å². The van der Waals surface area contributed by atoms with Gasteiger partial charge in [-0.05, 0) is 6.42 Å². The third-order valence-electron chi connectivity index (χ3n) is 0.460. The fraction of sp³-hybridized carbons (Fsp3) is 0.400. The Morgan fingerprint density at radius 1 is 1.62 bits per heavy atom. The second kappa shape index (κ2) is 15.7. The predicted molar refractivity (Wildman–Crippen MR) is 32.3 cm³/mol. The van der Waals surface area contributed by atoms with E-state index in [1.807, 2.05) is 6.07 Å². The molecule has 1 nitrogen and oxygen atoms in total. The summed E-state index contributed by atoms with van der Waals surface area (Å²) >= 11 is 0. The zero-order valence-corrected chi connectivity index (χ0v) is 8.54. The summed E-state index contributed by atoms with van der Waals surface area (Å²) in [5.41, 5.74) is 0. The van der Waals surface area contributed by atoms with Crippen LogP contribution in [-0.4, -0.2) is 0 Å². The van der Waals surface area contributed by atoms with Gasteiger partial charge in [-0.3, -0.25) is 0 Å². The summed E-state index contributed by atoms with van der Waals surface area (Å²) in [6, 6.07) is 2.00. The van der Waals surface area contributed by atoms with Crippen molar-refractivity contribution in [3.05, 3.63) is 12.7 Å². The quantitative estimate of drug-likeness (QED) is 0.364. The van der Waals surface area contributed by atoms with Crippen molar-refractivity contribution in [3.63, 3.8) is 0 Å². The molecule has 8 heavy (non-hydrogen) atoms. The van der Waals surface area contributed by atoms with Crippen LogP contribution >= 0.6 is 12.4 Å². The van der Waals surface area contributed by atoms with Gasteiger partial charge in [-0.1, -0.05) is 6.08 Å². The minimum absolute atomic E-state index is 0. The Bertz CT molecular complexity index is 77.0. The van der Waals surface area contributed by atoms with Gasteiger partial charge in [-0.15, -0.1) is 19.0 Å². The largest absolute Gasteiger partial charge is 0.198 e. The van der Waals surface area contributed by atoms with Crippen LogP contribution in [-0.2, 0) is 19.5 Å². The fourth-order valence-electron chi connectivity index (χ4n) is 0.167. The van der Waals surface area contributed by atoms with Crippen molar-refractivity contribution in [2.45, 2.75) is 12.8 Å². The molecule has 0 aromatic carbocycles. The van der Waals surface area contributed by atoms with Crippen LogP contribution in [0.3, 0.4) is 0 Å². The third kappa shape index (κ3) is 16.4. The summed E-state index contributed by atoms with van der Waals surface area (Å²) in [6.07, 6.45) is 3.16. The van der Waals surface area contributed by atoms with E-state index >= 15 is 0 Å². The molecule has 0 fully saturated rings. The molecule has 0 heterocycles. The van der Waals surface area contributed by atoms with Gasteiger partial charge in [0.05, 0.1) is 6.07 Å². The molecule has 0 aromatic rings. The second-order valence-electron chi connectivity index (χ2n) is 0.985. The number of hydrogen-bond donors (Lipinski definition) is 0. The monoisotopic (exact) mass is 181 g/mol. The van der Waals surface area contributed by atoms with E-state index in [4.69, 9.17) is 5.26 Å². The van der Waals surface area contributed by atoms with E-state index in [0.717, 1.165) is 6.42 Å². The minimum Gasteiger partial charge on any atom is -0.198 e. The Kier molecular flexibility index (Phi) is 30.8. The number of nitrogens with zero attached hydrogens (tertiary/aromatic N) is 1. The Morgan fingerprint density at radius 2 is 2.12 bits per heavy atom. The summed E-state index contributed by atoms with van der Waals surface area (Å²) in [5, 5.41) is 7.90. The molecule has 0 spiro atoms. The van der Waals surface area contributed by atoms with Crippen molar-refractivity contribution in [3.8, 4) is 6.07 Å². The zero-order valence-electron chi connectivity index (χ0n) is 4.76. The number of allylic oxidation sites excluding steroid dienone is 1. The van der Waals surface area contributed by atoms with Gasteiger partial charge in [0.2, 0.25) is 0 Å².